The van der Waals surface area contributed by atoms with Crippen molar-refractivity contribution in [3.05, 3.63) is 91.5 Å². The predicted octanol–water partition coefficient (Wildman–Crippen LogP) is 5.22. The molecule has 0 spiro atoms. The molecule has 0 unspecified atom stereocenters. The van der Waals surface area contributed by atoms with Crippen LogP contribution in [0.1, 0.15) is 85.5 Å². The average Bonchev–Trinajstić information content (AvgIpc) is 3.41. The van der Waals surface area contributed by atoms with Crippen molar-refractivity contribution in [3.63, 3.8) is 0 Å². The Morgan fingerprint density at radius 1 is 1.14 bits per heavy atom. The molecule has 4 aromatic rings. The van der Waals surface area contributed by atoms with Gasteiger partial charge in [-0.1, -0.05) is 19.1 Å². The zero-order chi connectivity index (χ0) is 35.0. The number of nitrogens with zero attached hydrogens (tertiary/aromatic N) is 2. The molecule has 0 radical (unpaired) electrons. The highest BCUT2D eigenvalue weighted by atomic mass is 19.1. The highest BCUT2D eigenvalue weighted by Gasteiger charge is 2.46. The third-order valence-electron chi connectivity index (χ3n) is 9.68. The van der Waals surface area contributed by atoms with Gasteiger partial charge in [0.25, 0.3) is 5.56 Å². The van der Waals surface area contributed by atoms with E-state index in [9.17, 15) is 24.3 Å². The summed E-state index contributed by atoms with van der Waals surface area (Å²) in [6, 6.07) is 9.48. The van der Waals surface area contributed by atoms with Gasteiger partial charge in [0.15, 0.2) is 5.60 Å². The lowest BCUT2D eigenvalue weighted by molar-refractivity contribution is -0.172. The molecule has 1 aliphatic carbocycles. The first kappa shape index (κ1) is 32.4. The van der Waals surface area contributed by atoms with Crippen molar-refractivity contribution in [2.75, 3.05) is 5.32 Å². The Hall–Kier alpha value is -5.10. The molecule has 2 amide bonds. The molecule has 11 nitrogen and oxygen atoms in total. The third-order valence-corrected chi connectivity index (χ3v) is 9.68. The molecule has 2 atom stereocenters. The van der Waals surface area contributed by atoms with Crippen molar-refractivity contribution in [3.8, 4) is 11.4 Å². The summed E-state index contributed by atoms with van der Waals surface area (Å²) in [6.07, 6.45) is 0.538. The molecule has 12 heteroatoms. The maximum absolute atomic E-state index is 15.2. The first-order valence-electron chi connectivity index (χ1n) is 16.4. The number of aromatic nitrogens is 2. The monoisotopic (exact) mass is 668 g/mol. The van der Waals surface area contributed by atoms with Gasteiger partial charge in [0.2, 0.25) is 5.91 Å². The Kier molecular flexibility index (Phi) is 7.62. The second-order valence-electron chi connectivity index (χ2n) is 14.0. The van der Waals surface area contributed by atoms with Crippen LogP contribution in [0.5, 0.6) is 0 Å². The average molecular weight is 669 g/mol. The summed E-state index contributed by atoms with van der Waals surface area (Å²) >= 11 is 0. The maximum Gasteiger partial charge on any atom is 0.412 e. The Morgan fingerprint density at radius 2 is 1.88 bits per heavy atom. The van der Waals surface area contributed by atoms with Crippen LogP contribution >= 0.6 is 0 Å². The summed E-state index contributed by atoms with van der Waals surface area (Å²) < 4.78 is 27.3. The smallest absolute Gasteiger partial charge is 0.412 e. The van der Waals surface area contributed by atoms with Gasteiger partial charge >= 0.3 is 12.1 Å². The number of amides is 2. The SMILES string of the molecule is CC[C@@]1(O)C(=O)OCc2c1cc1n(c2=O)Cc2c-1nc1cc(F)c(C)c3c1c2[C@@H](NC(=O)Cc1ccc(NC(=O)OC(C)(C)C)cc1)CC3. The minimum atomic E-state index is -1.98. The molecule has 0 bridgehead atoms. The molecule has 2 aromatic heterocycles. The number of nitrogens with one attached hydrogen (secondary N) is 2. The minimum Gasteiger partial charge on any atom is -0.458 e. The molecule has 0 saturated carbocycles. The lowest BCUT2D eigenvalue weighted by Crippen LogP contribution is -2.44. The van der Waals surface area contributed by atoms with Crippen molar-refractivity contribution in [1.82, 2.24) is 14.9 Å². The number of fused-ring (bicyclic) bond motifs is 5. The zero-order valence-electron chi connectivity index (χ0n) is 28.0. The number of aliphatic hydroxyl groups is 1. The van der Waals surface area contributed by atoms with Gasteiger partial charge in [-0.15, -0.1) is 0 Å². The van der Waals surface area contributed by atoms with E-state index in [0.29, 0.717) is 41.0 Å². The van der Waals surface area contributed by atoms with Gasteiger partial charge in [0, 0.05) is 28.3 Å². The number of pyridine rings is 2. The number of anilines is 1. The van der Waals surface area contributed by atoms with Gasteiger partial charge in [-0.2, -0.15) is 0 Å². The summed E-state index contributed by atoms with van der Waals surface area (Å²) in [5.41, 5.74) is 2.77. The van der Waals surface area contributed by atoms with E-state index in [1.807, 2.05) is 0 Å². The summed E-state index contributed by atoms with van der Waals surface area (Å²) in [5.74, 6) is -1.44. The number of hydrogen-bond donors (Lipinski definition) is 3. The molecule has 4 heterocycles. The van der Waals surface area contributed by atoms with Crippen LogP contribution in [0.15, 0.2) is 41.2 Å². The fraction of sp³-hybridized carbons (Fsp3) is 0.378. The van der Waals surface area contributed by atoms with Crippen LogP contribution in [0.4, 0.5) is 14.9 Å². The first-order valence-corrected chi connectivity index (χ1v) is 16.4. The molecule has 7 rings (SSSR count). The summed E-state index contributed by atoms with van der Waals surface area (Å²) in [7, 11) is 0. The molecule has 49 heavy (non-hydrogen) atoms. The van der Waals surface area contributed by atoms with Crippen molar-refractivity contribution >= 4 is 34.6 Å². The van der Waals surface area contributed by atoms with Crippen molar-refractivity contribution < 1.29 is 33.4 Å². The topological polar surface area (TPSA) is 149 Å². The number of carbonyl (C=O) groups excluding carboxylic acids is 3. The minimum absolute atomic E-state index is 0.00984. The van der Waals surface area contributed by atoms with Crippen molar-refractivity contribution in [2.24, 2.45) is 0 Å². The molecule has 2 aromatic carbocycles. The van der Waals surface area contributed by atoms with Gasteiger partial charge in [0.05, 0.1) is 41.5 Å². The summed E-state index contributed by atoms with van der Waals surface area (Å²) in [5, 5.41) is 17.9. The van der Waals surface area contributed by atoms with E-state index in [1.165, 1.54) is 6.07 Å². The standard InChI is InChI=1S/C37H37FN4O7/c1-6-37(47)24-14-28-32-22(16-42(28)33(44)23(24)17-48-34(37)45)31-26(12-11-21-18(2)25(38)15-27(41-32)30(21)31)40-29(43)13-19-7-9-20(10-8-19)39-35(46)49-36(3,4)5/h7-10,14-15,26,47H,6,11-13,16-17H2,1-5H3,(H,39,46)(H,40,43)/t26-,37-/m0/s1. The van der Waals surface area contributed by atoms with Gasteiger partial charge in [-0.25, -0.2) is 19.0 Å². The Morgan fingerprint density at radius 3 is 2.57 bits per heavy atom. The Labute approximate surface area is 281 Å². The number of aryl methyl sites for hydroxylation is 1. The van der Waals surface area contributed by atoms with Crippen LogP contribution in [-0.2, 0) is 50.7 Å². The fourth-order valence-electron chi connectivity index (χ4n) is 7.26. The highest BCUT2D eigenvalue weighted by Crippen LogP contribution is 2.46. The van der Waals surface area contributed by atoms with Crippen LogP contribution in [-0.4, -0.2) is 38.2 Å². The number of cyclic esters (lactones) is 1. The van der Waals surface area contributed by atoms with Crippen LogP contribution in [0.2, 0.25) is 0 Å². The lowest BCUT2D eigenvalue weighted by atomic mass is 9.81. The summed E-state index contributed by atoms with van der Waals surface area (Å²) in [6.45, 7) is 8.61. The molecule has 254 valence electrons. The van der Waals surface area contributed by atoms with E-state index >= 15 is 4.39 Å². The Balaban J connectivity index is 1.24. The largest absolute Gasteiger partial charge is 0.458 e. The summed E-state index contributed by atoms with van der Waals surface area (Å²) in [4.78, 5) is 57.0. The van der Waals surface area contributed by atoms with E-state index in [0.717, 1.165) is 27.6 Å². The van der Waals surface area contributed by atoms with Gasteiger partial charge in [-0.3, -0.25) is 14.9 Å². The van der Waals surface area contributed by atoms with E-state index < -0.39 is 40.7 Å². The van der Waals surface area contributed by atoms with Crippen LogP contribution in [0.3, 0.4) is 0 Å². The van der Waals surface area contributed by atoms with Crippen molar-refractivity contribution in [1.29, 1.82) is 0 Å². The van der Waals surface area contributed by atoms with Gasteiger partial charge in [0.1, 0.15) is 18.0 Å². The first-order chi connectivity index (χ1) is 23.2. The van der Waals surface area contributed by atoms with Gasteiger partial charge in [-0.05, 0) is 87.4 Å². The van der Waals surface area contributed by atoms with Crippen LogP contribution < -0.4 is 16.2 Å². The molecule has 2 aliphatic heterocycles. The number of esters is 1. The molecule has 0 saturated heterocycles. The second kappa shape index (κ2) is 11.5. The quantitative estimate of drug-likeness (QED) is 0.216. The van der Waals surface area contributed by atoms with Crippen LogP contribution in [0, 0.1) is 12.7 Å². The molecular weight excluding hydrogens is 631 g/mol. The fourth-order valence-corrected chi connectivity index (χ4v) is 7.26. The van der Waals surface area contributed by atoms with E-state index in [-0.39, 0.29) is 43.0 Å². The van der Waals surface area contributed by atoms with E-state index in [4.69, 9.17) is 14.5 Å². The number of halogens is 1. The normalized spacial score (nSPS) is 19.1. The number of hydrogen-bond acceptors (Lipinski definition) is 8. The predicted molar refractivity (Wildman–Crippen MR) is 178 cm³/mol. The lowest BCUT2D eigenvalue weighted by Gasteiger charge is -2.31. The number of carbonyl (C=O) groups is 3. The third kappa shape index (κ3) is 5.44. The van der Waals surface area contributed by atoms with E-state index in [2.05, 4.69) is 10.6 Å². The number of ether oxygens (including phenoxy) is 2. The molecule has 3 N–H and O–H groups in total. The van der Waals surface area contributed by atoms with E-state index in [1.54, 1.807) is 69.5 Å². The Bertz CT molecular complexity index is 2150. The maximum atomic E-state index is 15.2. The van der Waals surface area contributed by atoms with Gasteiger partial charge < -0.3 is 24.5 Å². The zero-order valence-corrected chi connectivity index (χ0v) is 28.0. The molecule has 3 aliphatic rings. The number of benzene rings is 2. The van der Waals surface area contributed by atoms with Crippen molar-refractivity contribution in [2.45, 2.75) is 90.7 Å². The van der Waals surface area contributed by atoms with Crippen LogP contribution in [0.25, 0.3) is 22.3 Å². The molecule has 0 fully saturated rings. The molecular formula is C37H37FN4O7. The second-order valence-corrected chi connectivity index (χ2v) is 14.0. The number of rotatable bonds is 5. The highest BCUT2D eigenvalue weighted by molar-refractivity contribution is 5.94.